The maximum Gasteiger partial charge on any atom is 0.0363 e. The van der Waals surface area contributed by atoms with E-state index in [0.29, 0.717) is 6.04 Å². The highest BCUT2D eigenvalue weighted by Gasteiger charge is 2.32. The highest BCUT2D eigenvalue weighted by molar-refractivity contribution is 7.85. The van der Waals surface area contributed by atoms with Gasteiger partial charge >= 0.3 is 0 Å². The summed E-state index contributed by atoms with van der Waals surface area (Å²) in [5.41, 5.74) is 0. The van der Waals surface area contributed by atoms with E-state index < -0.39 is 10.8 Å². The van der Waals surface area contributed by atoms with Crippen LogP contribution in [0.1, 0.15) is 33.1 Å². The van der Waals surface area contributed by atoms with Crippen molar-refractivity contribution in [1.82, 2.24) is 10.2 Å². The van der Waals surface area contributed by atoms with Gasteiger partial charge in [-0.3, -0.25) is 4.21 Å². The van der Waals surface area contributed by atoms with E-state index in [1.54, 1.807) is 0 Å². The van der Waals surface area contributed by atoms with E-state index in [1.807, 2.05) is 0 Å². The van der Waals surface area contributed by atoms with E-state index in [4.69, 9.17) is 0 Å². The molecule has 3 atom stereocenters. The molecule has 0 aromatic rings. The van der Waals surface area contributed by atoms with Crippen molar-refractivity contribution in [2.24, 2.45) is 17.8 Å². The Kier molecular flexibility index (Phi) is 5.85. The maximum atomic E-state index is 11.4. The van der Waals surface area contributed by atoms with Crippen molar-refractivity contribution in [2.75, 3.05) is 38.2 Å². The van der Waals surface area contributed by atoms with Gasteiger partial charge in [-0.05, 0) is 44.1 Å². The van der Waals surface area contributed by atoms with Crippen molar-refractivity contribution in [1.29, 1.82) is 0 Å². The van der Waals surface area contributed by atoms with Gasteiger partial charge in [-0.2, -0.15) is 0 Å². The Hall–Kier alpha value is 0.0700. The zero-order chi connectivity index (χ0) is 13.8. The van der Waals surface area contributed by atoms with Crippen LogP contribution < -0.4 is 5.32 Å². The first kappa shape index (κ1) is 15.5. The summed E-state index contributed by atoms with van der Waals surface area (Å²) in [7, 11) is 1.56. The molecule has 4 heteroatoms. The van der Waals surface area contributed by atoms with E-state index in [9.17, 15) is 4.21 Å². The van der Waals surface area contributed by atoms with Crippen LogP contribution in [0.25, 0.3) is 0 Å². The van der Waals surface area contributed by atoms with Gasteiger partial charge in [0.2, 0.25) is 0 Å². The van der Waals surface area contributed by atoms with Crippen molar-refractivity contribution in [3.05, 3.63) is 0 Å². The molecule has 2 aliphatic rings. The molecule has 2 rings (SSSR count). The molecule has 19 heavy (non-hydrogen) atoms. The third-order valence-corrected chi connectivity index (χ3v) is 6.38. The predicted molar refractivity (Wildman–Crippen MR) is 82.8 cm³/mol. The Morgan fingerprint density at radius 1 is 1.26 bits per heavy atom. The first-order valence-electron chi connectivity index (χ1n) is 7.84. The fourth-order valence-electron chi connectivity index (χ4n) is 3.68. The van der Waals surface area contributed by atoms with Gasteiger partial charge in [0.15, 0.2) is 0 Å². The smallest absolute Gasteiger partial charge is 0.0363 e. The molecule has 1 saturated carbocycles. The van der Waals surface area contributed by atoms with Gasteiger partial charge in [-0.1, -0.05) is 13.8 Å². The quantitative estimate of drug-likeness (QED) is 0.854. The molecule has 0 aromatic heterocycles. The lowest BCUT2D eigenvalue weighted by molar-refractivity contribution is 0.129. The molecule has 112 valence electrons. The molecule has 1 N–H and O–H groups in total. The second-order valence-corrected chi connectivity index (χ2v) is 8.32. The predicted octanol–water partition coefficient (Wildman–Crippen LogP) is 1.71. The molecule has 1 aliphatic heterocycles. The third kappa shape index (κ3) is 4.27. The summed E-state index contributed by atoms with van der Waals surface area (Å²) < 4.78 is 11.4. The fourth-order valence-corrected chi connectivity index (χ4v) is 4.81. The Bertz CT molecular complexity index is 299. The lowest BCUT2D eigenvalue weighted by atomic mass is 9.73. The Morgan fingerprint density at radius 3 is 2.53 bits per heavy atom. The zero-order valence-corrected chi connectivity index (χ0v) is 13.5. The summed E-state index contributed by atoms with van der Waals surface area (Å²) in [4.78, 5) is 2.54. The van der Waals surface area contributed by atoms with Crippen LogP contribution in [0, 0.1) is 17.8 Å². The third-order valence-electron chi connectivity index (χ3n) is 5.10. The van der Waals surface area contributed by atoms with Gasteiger partial charge < -0.3 is 10.2 Å². The minimum absolute atomic E-state index is 0.550. The van der Waals surface area contributed by atoms with Crippen LogP contribution in [-0.2, 0) is 10.8 Å². The van der Waals surface area contributed by atoms with Gasteiger partial charge in [0.1, 0.15) is 0 Å². The van der Waals surface area contributed by atoms with Crippen LogP contribution in [0.2, 0.25) is 0 Å². The molecule has 3 nitrogen and oxygen atoms in total. The molecular weight excluding hydrogens is 256 g/mol. The first-order chi connectivity index (χ1) is 9.10. The Morgan fingerprint density at radius 2 is 1.95 bits per heavy atom. The number of nitrogens with one attached hydrogen (secondary N) is 1. The maximum absolute atomic E-state index is 11.4. The normalized spacial score (nSPS) is 34.8. The van der Waals surface area contributed by atoms with Crippen molar-refractivity contribution < 1.29 is 4.21 Å². The van der Waals surface area contributed by atoms with Crippen molar-refractivity contribution in [2.45, 2.75) is 39.2 Å². The van der Waals surface area contributed by atoms with E-state index in [1.165, 1.54) is 25.8 Å². The first-order valence-corrected chi connectivity index (χ1v) is 9.33. The average molecular weight is 286 g/mol. The molecule has 2 fully saturated rings. The molecule has 0 aromatic carbocycles. The fraction of sp³-hybridized carbons (Fsp3) is 1.00. The lowest BCUT2D eigenvalue weighted by Gasteiger charge is -2.41. The van der Waals surface area contributed by atoms with Crippen LogP contribution in [-0.4, -0.2) is 53.3 Å². The average Bonchev–Trinajstić information content (AvgIpc) is 2.41. The summed E-state index contributed by atoms with van der Waals surface area (Å²) in [5.74, 6) is 4.25. The highest BCUT2D eigenvalue weighted by Crippen LogP contribution is 2.34. The Balaban J connectivity index is 1.89. The minimum atomic E-state index is -0.550. The molecule has 3 unspecified atom stereocenters. The van der Waals surface area contributed by atoms with Gasteiger partial charge in [0.05, 0.1) is 0 Å². The minimum Gasteiger partial charge on any atom is -0.317 e. The van der Waals surface area contributed by atoms with Crippen LogP contribution in [0.4, 0.5) is 0 Å². The van der Waals surface area contributed by atoms with Crippen molar-refractivity contribution in [3.8, 4) is 0 Å². The molecule has 1 aliphatic carbocycles. The van der Waals surface area contributed by atoms with Crippen LogP contribution in [0.5, 0.6) is 0 Å². The highest BCUT2D eigenvalue weighted by atomic mass is 32.2. The van der Waals surface area contributed by atoms with E-state index in [2.05, 4.69) is 31.1 Å². The summed E-state index contributed by atoms with van der Waals surface area (Å²) >= 11 is 0. The lowest BCUT2D eigenvalue weighted by Crippen LogP contribution is -2.48. The number of hydrogen-bond donors (Lipinski definition) is 1. The van der Waals surface area contributed by atoms with E-state index in [-0.39, 0.29) is 0 Å². The van der Waals surface area contributed by atoms with E-state index in [0.717, 1.165) is 42.3 Å². The van der Waals surface area contributed by atoms with Gasteiger partial charge in [-0.15, -0.1) is 0 Å². The van der Waals surface area contributed by atoms with Crippen LogP contribution >= 0.6 is 0 Å². The second-order valence-electron chi connectivity index (χ2n) is 6.62. The molecule has 0 bridgehead atoms. The summed E-state index contributed by atoms with van der Waals surface area (Å²) in [6, 6.07) is 0.683. The SMILES string of the molecule is CNC1CCC(C(C)C)CC1CN1CCS(=O)CC1. The van der Waals surface area contributed by atoms with Gasteiger partial charge in [-0.25, -0.2) is 0 Å². The van der Waals surface area contributed by atoms with Gasteiger partial charge in [0, 0.05) is 48.0 Å². The molecule has 0 amide bonds. The van der Waals surface area contributed by atoms with Crippen LogP contribution in [0.15, 0.2) is 0 Å². The number of rotatable bonds is 4. The zero-order valence-electron chi connectivity index (χ0n) is 12.7. The number of hydrogen-bond acceptors (Lipinski definition) is 3. The monoisotopic (exact) mass is 286 g/mol. The van der Waals surface area contributed by atoms with Crippen LogP contribution in [0.3, 0.4) is 0 Å². The molecule has 0 spiro atoms. The van der Waals surface area contributed by atoms with Crippen molar-refractivity contribution in [3.63, 3.8) is 0 Å². The molecule has 1 saturated heterocycles. The van der Waals surface area contributed by atoms with Gasteiger partial charge in [0.25, 0.3) is 0 Å². The van der Waals surface area contributed by atoms with Crippen molar-refractivity contribution >= 4 is 10.8 Å². The largest absolute Gasteiger partial charge is 0.317 e. The molecular formula is C15H30N2OS. The topological polar surface area (TPSA) is 32.3 Å². The number of nitrogens with zero attached hydrogens (tertiary/aromatic N) is 1. The van der Waals surface area contributed by atoms with E-state index >= 15 is 0 Å². The summed E-state index contributed by atoms with van der Waals surface area (Å²) in [6.45, 7) is 8.00. The second kappa shape index (κ2) is 7.19. The summed E-state index contributed by atoms with van der Waals surface area (Å²) in [6.07, 6.45) is 4.07. The molecule has 1 heterocycles. The molecule has 0 radical (unpaired) electrons. The summed E-state index contributed by atoms with van der Waals surface area (Å²) in [5, 5.41) is 3.53. The Labute approximate surface area is 121 Å². The standard InChI is InChI=1S/C15H30N2OS/c1-12(2)13-4-5-15(16-3)14(10-13)11-17-6-8-19(18)9-7-17/h12-16H,4-11H2,1-3H3.